The van der Waals surface area contributed by atoms with Crippen LogP contribution in [-0.4, -0.2) is 36.2 Å². The number of hydrogen-bond donors (Lipinski definition) is 2. The molecule has 0 radical (unpaired) electrons. The van der Waals surface area contributed by atoms with E-state index in [0.717, 1.165) is 5.56 Å². The minimum absolute atomic E-state index is 0.0222. The molecule has 2 atom stereocenters. The quantitative estimate of drug-likeness (QED) is 0.859. The van der Waals surface area contributed by atoms with Crippen LogP contribution in [0, 0.1) is 0 Å². The van der Waals surface area contributed by atoms with Gasteiger partial charge in [-0.05, 0) is 18.6 Å². The molecule has 4 nitrogen and oxygen atoms in total. The standard InChI is InChI=1S/C14H18FN3O/c1-3-10-5-6-12(18-7-10)11-8-16-9-14(11,15)13(19)17-4-2/h3,5-7,11,16H,1,4,8-9H2,2H3,(H,17,19)/t11?,14-/m0/s1. The van der Waals surface area contributed by atoms with E-state index in [1.807, 2.05) is 6.07 Å². The number of hydrogen-bond acceptors (Lipinski definition) is 3. The molecular weight excluding hydrogens is 245 g/mol. The predicted molar refractivity (Wildman–Crippen MR) is 72.5 cm³/mol. The number of pyridine rings is 1. The summed E-state index contributed by atoms with van der Waals surface area (Å²) in [6.07, 6.45) is 3.31. The van der Waals surface area contributed by atoms with Gasteiger partial charge < -0.3 is 10.6 Å². The van der Waals surface area contributed by atoms with Crippen LogP contribution in [0.2, 0.25) is 0 Å². The third-order valence-corrected chi connectivity index (χ3v) is 3.40. The van der Waals surface area contributed by atoms with E-state index in [1.165, 1.54) is 0 Å². The molecule has 1 amide bonds. The summed E-state index contributed by atoms with van der Waals surface area (Å²) in [5, 5.41) is 5.49. The van der Waals surface area contributed by atoms with Crippen molar-refractivity contribution in [2.45, 2.75) is 18.5 Å². The third kappa shape index (κ3) is 2.51. The van der Waals surface area contributed by atoms with Crippen molar-refractivity contribution in [1.29, 1.82) is 0 Å². The number of halogens is 1. The van der Waals surface area contributed by atoms with Crippen molar-refractivity contribution in [2.75, 3.05) is 19.6 Å². The monoisotopic (exact) mass is 263 g/mol. The lowest BCUT2D eigenvalue weighted by Crippen LogP contribution is -2.48. The molecular formula is C14H18FN3O. The van der Waals surface area contributed by atoms with E-state index in [2.05, 4.69) is 22.2 Å². The molecule has 102 valence electrons. The van der Waals surface area contributed by atoms with Crippen molar-refractivity contribution in [3.8, 4) is 0 Å². The molecule has 1 fully saturated rings. The van der Waals surface area contributed by atoms with Gasteiger partial charge in [0, 0.05) is 31.5 Å². The molecule has 5 heteroatoms. The first-order chi connectivity index (χ1) is 9.11. The van der Waals surface area contributed by atoms with Crippen molar-refractivity contribution < 1.29 is 9.18 Å². The minimum Gasteiger partial charge on any atom is -0.354 e. The van der Waals surface area contributed by atoms with Crippen LogP contribution in [0.1, 0.15) is 24.1 Å². The van der Waals surface area contributed by atoms with E-state index in [4.69, 9.17) is 0 Å². The molecule has 1 saturated heterocycles. The Hall–Kier alpha value is -1.75. The van der Waals surface area contributed by atoms with E-state index < -0.39 is 17.5 Å². The molecule has 0 spiro atoms. The zero-order valence-electron chi connectivity index (χ0n) is 10.9. The van der Waals surface area contributed by atoms with Gasteiger partial charge >= 0.3 is 0 Å². The molecule has 2 rings (SSSR count). The van der Waals surface area contributed by atoms with Crippen LogP contribution < -0.4 is 10.6 Å². The van der Waals surface area contributed by atoms with E-state index in [-0.39, 0.29) is 6.54 Å². The Morgan fingerprint density at radius 1 is 1.74 bits per heavy atom. The van der Waals surface area contributed by atoms with Gasteiger partial charge in [0.05, 0.1) is 5.92 Å². The van der Waals surface area contributed by atoms with Crippen LogP contribution in [0.5, 0.6) is 0 Å². The van der Waals surface area contributed by atoms with E-state index >= 15 is 0 Å². The van der Waals surface area contributed by atoms with Gasteiger partial charge in [0.1, 0.15) is 0 Å². The summed E-state index contributed by atoms with van der Waals surface area (Å²) in [6, 6.07) is 3.58. The van der Waals surface area contributed by atoms with E-state index in [0.29, 0.717) is 18.8 Å². The van der Waals surface area contributed by atoms with Crippen molar-refractivity contribution in [2.24, 2.45) is 0 Å². The largest absolute Gasteiger partial charge is 0.354 e. The number of carbonyl (C=O) groups is 1. The Morgan fingerprint density at radius 2 is 2.53 bits per heavy atom. The molecule has 1 unspecified atom stereocenters. The lowest BCUT2D eigenvalue weighted by Gasteiger charge is -2.24. The van der Waals surface area contributed by atoms with Crippen LogP contribution in [0.4, 0.5) is 4.39 Å². The highest BCUT2D eigenvalue weighted by Gasteiger charge is 2.51. The highest BCUT2D eigenvalue weighted by Crippen LogP contribution is 2.34. The number of nitrogens with one attached hydrogen (secondary N) is 2. The van der Waals surface area contributed by atoms with Gasteiger partial charge in [-0.3, -0.25) is 9.78 Å². The fourth-order valence-electron chi connectivity index (χ4n) is 2.31. The summed E-state index contributed by atoms with van der Waals surface area (Å²) in [6.45, 7) is 6.27. The predicted octanol–water partition coefficient (Wildman–Crippen LogP) is 1.26. The van der Waals surface area contributed by atoms with Crippen LogP contribution >= 0.6 is 0 Å². The molecule has 0 aromatic carbocycles. The Kier molecular flexibility index (Phi) is 3.95. The molecule has 2 N–H and O–H groups in total. The van der Waals surface area contributed by atoms with Crippen molar-refractivity contribution >= 4 is 12.0 Å². The number of rotatable bonds is 4. The van der Waals surface area contributed by atoms with Gasteiger partial charge in [-0.1, -0.05) is 18.7 Å². The lowest BCUT2D eigenvalue weighted by molar-refractivity contribution is -0.132. The molecule has 0 aliphatic carbocycles. The first-order valence-corrected chi connectivity index (χ1v) is 6.38. The molecule has 1 aliphatic rings. The van der Waals surface area contributed by atoms with Gasteiger partial charge in [-0.2, -0.15) is 0 Å². The Balaban J connectivity index is 2.26. The molecule has 0 saturated carbocycles. The van der Waals surface area contributed by atoms with Gasteiger partial charge in [0.15, 0.2) is 0 Å². The van der Waals surface area contributed by atoms with Crippen molar-refractivity contribution in [1.82, 2.24) is 15.6 Å². The fraction of sp³-hybridized carbons (Fsp3) is 0.429. The highest BCUT2D eigenvalue weighted by atomic mass is 19.1. The molecule has 1 aliphatic heterocycles. The maximum absolute atomic E-state index is 14.9. The number of carbonyl (C=O) groups excluding carboxylic acids is 1. The molecule has 0 bridgehead atoms. The summed E-state index contributed by atoms with van der Waals surface area (Å²) < 4.78 is 14.9. The minimum atomic E-state index is -1.93. The maximum Gasteiger partial charge on any atom is 0.259 e. The van der Waals surface area contributed by atoms with Crippen LogP contribution in [0.15, 0.2) is 24.9 Å². The van der Waals surface area contributed by atoms with Crippen LogP contribution in [0.25, 0.3) is 6.08 Å². The van der Waals surface area contributed by atoms with Crippen LogP contribution in [-0.2, 0) is 4.79 Å². The first-order valence-electron chi connectivity index (χ1n) is 6.38. The second-order valence-corrected chi connectivity index (χ2v) is 4.63. The summed E-state index contributed by atoms with van der Waals surface area (Å²) in [5.74, 6) is -1.13. The highest BCUT2D eigenvalue weighted by molar-refractivity contribution is 5.87. The van der Waals surface area contributed by atoms with Gasteiger partial charge in [-0.25, -0.2) is 4.39 Å². The molecule has 2 heterocycles. The van der Waals surface area contributed by atoms with Crippen LogP contribution in [0.3, 0.4) is 0 Å². The lowest BCUT2D eigenvalue weighted by atomic mass is 9.88. The SMILES string of the molecule is C=Cc1ccc(C2CNC[C@@]2(F)C(=O)NCC)nc1. The summed E-state index contributed by atoms with van der Waals surface area (Å²) in [5.41, 5.74) is -0.472. The fourth-order valence-corrected chi connectivity index (χ4v) is 2.31. The first kappa shape index (κ1) is 13.7. The van der Waals surface area contributed by atoms with Gasteiger partial charge in [-0.15, -0.1) is 0 Å². The van der Waals surface area contributed by atoms with E-state index in [9.17, 15) is 9.18 Å². The Morgan fingerprint density at radius 3 is 3.11 bits per heavy atom. The van der Waals surface area contributed by atoms with Gasteiger partial charge in [0.25, 0.3) is 5.91 Å². The average Bonchev–Trinajstić information content (AvgIpc) is 2.83. The topological polar surface area (TPSA) is 54.0 Å². The van der Waals surface area contributed by atoms with Gasteiger partial charge in [0.2, 0.25) is 5.67 Å². The van der Waals surface area contributed by atoms with Crippen molar-refractivity contribution in [3.63, 3.8) is 0 Å². The summed E-state index contributed by atoms with van der Waals surface area (Å²) in [7, 11) is 0. The molecule has 1 aromatic heterocycles. The molecule has 19 heavy (non-hydrogen) atoms. The summed E-state index contributed by atoms with van der Waals surface area (Å²) in [4.78, 5) is 16.1. The third-order valence-electron chi connectivity index (χ3n) is 3.40. The Labute approximate surface area is 112 Å². The number of alkyl halides is 1. The second-order valence-electron chi connectivity index (χ2n) is 4.63. The normalized spacial score (nSPS) is 26.1. The second kappa shape index (κ2) is 5.48. The average molecular weight is 263 g/mol. The maximum atomic E-state index is 14.9. The number of aromatic nitrogens is 1. The zero-order valence-corrected chi connectivity index (χ0v) is 10.9. The number of nitrogens with zero attached hydrogens (tertiary/aromatic N) is 1. The number of amides is 1. The van der Waals surface area contributed by atoms with Crippen molar-refractivity contribution in [3.05, 3.63) is 36.2 Å². The smallest absolute Gasteiger partial charge is 0.259 e. The Bertz CT molecular complexity index is 474. The zero-order chi connectivity index (χ0) is 13.9. The van der Waals surface area contributed by atoms with E-state index in [1.54, 1.807) is 25.3 Å². The summed E-state index contributed by atoms with van der Waals surface area (Å²) >= 11 is 0. The molecule has 1 aromatic rings.